The Morgan fingerprint density at radius 3 is 2.17 bits per heavy atom. The van der Waals surface area contributed by atoms with Gasteiger partial charge in [0.25, 0.3) is 11.8 Å². The number of benzene rings is 2. The molecule has 0 aliphatic carbocycles. The highest BCUT2D eigenvalue weighted by Gasteiger charge is 2.32. The van der Waals surface area contributed by atoms with E-state index in [1.54, 1.807) is 12.1 Å². The van der Waals surface area contributed by atoms with Crippen molar-refractivity contribution in [2.24, 2.45) is 0 Å². The molecule has 6 heteroatoms. The van der Waals surface area contributed by atoms with Gasteiger partial charge in [-0.2, -0.15) is 0 Å². The molecule has 1 atom stereocenters. The normalized spacial score (nSPS) is 17.3. The van der Waals surface area contributed by atoms with Crippen LogP contribution >= 0.6 is 0 Å². The summed E-state index contributed by atoms with van der Waals surface area (Å²) in [5.41, 5.74) is 8.81. The zero-order chi connectivity index (χ0) is 16.4. The van der Waals surface area contributed by atoms with E-state index in [4.69, 9.17) is 5.73 Å². The molecule has 0 aromatic heterocycles. The number of carbonyl (C=O) groups is 2. The summed E-state index contributed by atoms with van der Waals surface area (Å²) in [5.74, 6) is -0.806. The molecule has 2 amide bonds. The maximum atomic E-state index is 12.2. The lowest BCUT2D eigenvalue weighted by Gasteiger charge is -2.11. The lowest BCUT2D eigenvalue weighted by atomic mass is 10.0. The Morgan fingerprint density at radius 2 is 1.65 bits per heavy atom. The first kappa shape index (κ1) is 15.1. The van der Waals surface area contributed by atoms with Gasteiger partial charge in [0.2, 0.25) is 0 Å². The van der Waals surface area contributed by atoms with Gasteiger partial charge in [-0.3, -0.25) is 14.8 Å². The zero-order valence-corrected chi connectivity index (χ0v) is 12.4. The number of nitrogens with two attached hydrogens (primary N) is 1. The first-order chi connectivity index (χ1) is 11.0. The molecule has 1 fully saturated rings. The number of nitrogens with zero attached hydrogens (tertiary/aromatic N) is 1. The SMILES string of the molecule is Nc1ccc(-c2ccc(C(=O)N[C@@H]3CCN(O)C3=O)cc2)cc1. The Morgan fingerprint density at radius 1 is 1.09 bits per heavy atom. The van der Waals surface area contributed by atoms with E-state index >= 15 is 0 Å². The summed E-state index contributed by atoms with van der Waals surface area (Å²) in [6.07, 6.45) is 0.407. The van der Waals surface area contributed by atoms with Crippen molar-refractivity contribution in [2.75, 3.05) is 12.3 Å². The quantitative estimate of drug-likeness (QED) is 0.593. The van der Waals surface area contributed by atoms with Crippen LogP contribution in [0.5, 0.6) is 0 Å². The molecule has 1 saturated heterocycles. The predicted molar refractivity (Wildman–Crippen MR) is 85.7 cm³/mol. The van der Waals surface area contributed by atoms with E-state index in [0.29, 0.717) is 22.7 Å². The fourth-order valence-corrected chi connectivity index (χ4v) is 2.53. The van der Waals surface area contributed by atoms with Gasteiger partial charge in [0, 0.05) is 11.3 Å². The molecular formula is C17H17N3O3. The van der Waals surface area contributed by atoms with Crippen LogP contribution in [0.15, 0.2) is 48.5 Å². The molecule has 1 aliphatic rings. The average Bonchev–Trinajstić information content (AvgIpc) is 2.88. The summed E-state index contributed by atoms with van der Waals surface area (Å²) < 4.78 is 0. The van der Waals surface area contributed by atoms with Crippen LogP contribution in [0.3, 0.4) is 0 Å². The fourth-order valence-electron chi connectivity index (χ4n) is 2.53. The van der Waals surface area contributed by atoms with Crippen molar-refractivity contribution >= 4 is 17.5 Å². The number of anilines is 1. The number of hydrogen-bond donors (Lipinski definition) is 3. The van der Waals surface area contributed by atoms with Crippen molar-refractivity contribution in [1.82, 2.24) is 10.4 Å². The Hall–Kier alpha value is -2.86. The lowest BCUT2D eigenvalue weighted by molar-refractivity contribution is -0.158. The van der Waals surface area contributed by atoms with Crippen molar-refractivity contribution < 1.29 is 14.8 Å². The number of nitrogens with one attached hydrogen (secondary N) is 1. The third-order valence-corrected chi connectivity index (χ3v) is 3.88. The molecule has 2 aromatic rings. The molecule has 0 radical (unpaired) electrons. The summed E-state index contributed by atoms with van der Waals surface area (Å²) in [6, 6.07) is 13.9. The van der Waals surface area contributed by atoms with Gasteiger partial charge < -0.3 is 11.1 Å². The summed E-state index contributed by atoms with van der Waals surface area (Å²) in [7, 11) is 0. The van der Waals surface area contributed by atoms with Gasteiger partial charge in [-0.15, -0.1) is 0 Å². The van der Waals surface area contributed by atoms with Crippen LogP contribution in [0, 0.1) is 0 Å². The maximum Gasteiger partial charge on any atom is 0.268 e. The smallest absolute Gasteiger partial charge is 0.268 e. The second kappa shape index (κ2) is 6.10. The Balaban J connectivity index is 1.70. The van der Waals surface area contributed by atoms with Crippen LogP contribution < -0.4 is 11.1 Å². The molecule has 3 rings (SSSR count). The van der Waals surface area contributed by atoms with Gasteiger partial charge in [0.15, 0.2) is 0 Å². The van der Waals surface area contributed by atoms with Gasteiger partial charge >= 0.3 is 0 Å². The summed E-state index contributed by atoms with van der Waals surface area (Å²) in [6.45, 7) is 0.236. The molecular weight excluding hydrogens is 294 g/mol. The molecule has 0 unspecified atom stereocenters. The minimum atomic E-state index is -0.663. The highest BCUT2D eigenvalue weighted by molar-refractivity contribution is 5.98. The standard InChI is InChI=1S/C17H17N3O3/c18-14-7-5-12(6-8-14)11-1-3-13(4-2-11)16(21)19-15-9-10-20(23)17(15)22/h1-8,15,23H,9-10,18H2,(H,19,21)/t15-/m1/s1. The average molecular weight is 311 g/mol. The number of rotatable bonds is 3. The lowest BCUT2D eigenvalue weighted by Crippen LogP contribution is -2.40. The van der Waals surface area contributed by atoms with Crippen LogP contribution in [-0.2, 0) is 4.79 Å². The van der Waals surface area contributed by atoms with Crippen LogP contribution in [-0.4, -0.2) is 34.7 Å². The van der Waals surface area contributed by atoms with Gasteiger partial charge in [0.05, 0.1) is 6.54 Å². The molecule has 1 heterocycles. The van der Waals surface area contributed by atoms with E-state index in [9.17, 15) is 14.8 Å². The first-order valence-electron chi connectivity index (χ1n) is 7.32. The van der Waals surface area contributed by atoms with Crippen molar-refractivity contribution in [3.8, 4) is 11.1 Å². The zero-order valence-electron chi connectivity index (χ0n) is 12.4. The van der Waals surface area contributed by atoms with Crippen LogP contribution in [0.25, 0.3) is 11.1 Å². The minimum Gasteiger partial charge on any atom is -0.399 e. The minimum absolute atomic E-state index is 0.236. The third-order valence-electron chi connectivity index (χ3n) is 3.88. The third kappa shape index (κ3) is 3.17. The van der Waals surface area contributed by atoms with E-state index in [2.05, 4.69) is 5.32 Å². The summed E-state index contributed by atoms with van der Waals surface area (Å²) >= 11 is 0. The largest absolute Gasteiger partial charge is 0.399 e. The maximum absolute atomic E-state index is 12.2. The first-order valence-corrected chi connectivity index (χ1v) is 7.32. The summed E-state index contributed by atoms with van der Waals surface area (Å²) in [5, 5.41) is 12.5. The van der Waals surface area contributed by atoms with Crippen molar-refractivity contribution in [3.05, 3.63) is 54.1 Å². The highest BCUT2D eigenvalue weighted by atomic mass is 16.5. The molecule has 4 N–H and O–H groups in total. The van der Waals surface area contributed by atoms with E-state index < -0.39 is 11.9 Å². The number of hydrogen-bond acceptors (Lipinski definition) is 4. The second-order valence-corrected chi connectivity index (χ2v) is 5.48. The number of amides is 2. The van der Waals surface area contributed by atoms with Gasteiger partial charge in [-0.05, 0) is 41.8 Å². The summed E-state index contributed by atoms with van der Waals surface area (Å²) in [4.78, 5) is 23.8. The van der Waals surface area contributed by atoms with Crippen LogP contribution in [0.1, 0.15) is 16.8 Å². The van der Waals surface area contributed by atoms with E-state index in [0.717, 1.165) is 11.1 Å². The predicted octanol–water partition coefficient (Wildman–Crippen LogP) is 1.66. The van der Waals surface area contributed by atoms with E-state index in [1.165, 1.54) is 0 Å². The van der Waals surface area contributed by atoms with Crippen molar-refractivity contribution in [1.29, 1.82) is 0 Å². The number of carbonyl (C=O) groups excluding carboxylic acids is 2. The topological polar surface area (TPSA) is 95.7 Å². The molecule has 1 aliphatic heterocycles. The monoisotopic (exact) mass is 311 g/mol. The second-order valence-electron chi connectivity index (χ2n) is 5.48. The van der Waals surface area contributed by atoms with Crippen LogP contribution in [0.2, 0.25) is 0 Å². The molecule has 0 bridgehead atoms. The fraction of sp³-hybridized carbons (Fsp3) is 0.176. The van der Waals surface area contributed by atoms with Crippen molar-refractivity contribution in [3.63, 3.8) is 0 Å². The Kier molecular flexibility index (Phi) is 3.99. The molecule has 118 valence electrons. The Bertz CT molecular complexity index is 726. The number of nitrogen functional groups attached to an aromatic ring is 1. The van der Waals surface area contributed by atoms with Gasteiger partial charge in [-0.1, -0.05) is 24.3 Å². The molecule has 0 saturated carbocycles. The van der Waals surface area contributed by atoms with E-state index in [1.807, 2.05) is 36.4 Å². The van der Waals surface area contributed by atoms with Gasteiger partial charge in [0.1, 0.15) is 6.04 Å². The number of hydroxylamine groups is 2. The molecule has 2 aromatic carbocycles. The van der Waals surface area contributed by atoms with E-state index in [-0.39, 0.29) is 12.5 Å². The highest BCUT2D eigenvalue weighted by Crippen LogP contribution is 2.21. The Labute approximate surface area is 133 Å². The molecule has 23 heavy (non-hydrogen) atoms. The van der Waals surface area contributed by atoms with Crippen LogP contribution in [0.4, 0.5) is 5.69 Å². The molecule has 6 nitrogen and oxygen atoms in total. The molecule has 0 spiro atoms. The van der Waals surface area contributed by atoms with Crippen molar-refractivity contribution in [2.45, 2.75) is 12.5 Å². The van der Waals surface area contributed by atoms with Gasteiger partial charge in [-0.25, -0.2) is 5.06 Å².